The summed E-state index contributed by atoms with van der Waals surface area (Å²) in [5, 5.41) is 0. The highest BCUT2D eigenvalue weighted by molar-refractivity contribution is 4.80. The molecule has 0 spiro atoms. The summed E-state index contributed by atoms with van der Waals surface area (Å²) in [7, 11) is 0. The van der Waals surface area contributed by atoms with Crippen LogP contribution in [0.25, 0.3) is 0 Å². The summed E-state index contributed by atoms with van der Waals surface area (Å²) in [6, 6.07) is 0.834. The first-order valence-electron chi connectivity index (χ1n) is 6.49. The molecule has 0 amide bonds. The lowest BCUT2D eigenvalue weighted by molar-refractivity contribution is 0.242. The molecule has 1 nitrogen and oxygen atoms in total. The van der Waals surface area contributed by atoms with Crippen molar-refractivity contribution in [2.45, 2.75) is 65.3 Å². The van der Waals surface area contributed by atoms with Crippen molar-refractivity contribution >= 4 is 0 Å². The lowest BCUT2D eigenvalue weighted by Crippen LogP contribution is -2.30. The maximum absolute atomic E-state index is 2.68. The molecule has 1 aliphatic heterocycles. The minimum Gasteiger partial charge on any atom is -0.300 e. The molecule has 0 N–H and O–H groups in total. The van der Waals surface area contributed by atoms with Gasteiger partial charge in [0.25, 0.3) is 0 Å². The molecular weight excluding hydrogens is 170 g/mol. The SMILES string of the molecule is CCCCCCCN1CCC(C)C1C. The Hall–Kier alpha value is -0.0400. The van der Waals surface area contributed by atoms with E-state index in [0.29, 0.717) is 0 Å². The van der Waals surface area contributed by atoms with Crippen molar-refractivity contribution < 1.29 is 0 Å². The molecule has 0 saturated carbocycles. The molecule has 0 aromatic rings. The first kappa shape index (κ1) is 12.0. The number of hydrogen-bond donors (Lipinski definition) is 0. The molecule has 2 atom stereocenters. The second-order valence-corrected chi connectivity index (χ2v) is 4.96. The van der Waals surface area contributed by atoms with E-state index in [1.807, 2.05) is 0 Å². The normalized spacial score (nSPS) is 28.5. The molecule has 1 heteroatoms. The van der Waals surface area contributed by atoms with E-state index in [2.05, 4.69) is 25.7 Å². The monoisotopic (exact) mass is 197 g/mol. The summed E-state index contributed by atoms with van der Waals surface area (Å²) in [5.74, 6) is 0.922. The minimum absolute atomic E-state index is 0.834. The van der Waals surface area contributed by atoms with Gasteiger partial charge in [0, 0.05) is 6.04 Å². The van der Waals surface area contributed by atoms with Crippen molar-refractivity contribution in [1.29, 1.82) is 0 Å². The van der Waals surface area contributed by atoms with Gasteiger partial charge in [-0.2, -0.15) is 0 Å². The zero-order valence-electron chi connectivity index (χ0n) is 10.3. The average molecular weight is 197 g/mol. The summed E-state index contributed by atoms with van der Waals surface area (Å²) in [4.78, 5) is 2.68. The average Bonchev–Trinajstić information content (AvgIpc) is 2.49. The third kappa shape index (κ3) is 3.61. The van der Waals surface area contributed by atoms with E-state index in [0.717, 1.165) is 12.0 Å². The molecule has 0 radical (unpaired) electrons. The van der Waals surface area contributed by atoms with E-state index in [1.54, 1.807) is 0 Å². The predicted molar refractivity (Wildman–Crippen MR) is 63.6 cm³/mol. The van der Waals surface area contributed by atoms with Gasteiger partial charge in [0.05, 0.1) is 0 Å². The number of hydrogen-bond acceptors (Lipinski definition) is 1. The zero-order chi connectivity index (χ0) is 10.4. The molecule has 1 saturated heterocycles. The molecule has 0 aliphatic carbocycles. The summed E-state index contributed by atoms with van der Waals surface area (Å²) < 4.78 is 0. The Kier molecular flexibility index (Phi) is 5.54. The molecule has 14 heavy (non-hydrogen) atoms. The fraction of sp³-hybridized carbons (Fsp3) is 1.00. The number of likely N-dealkylation sites (tertiary alicyclic amines) is 1. The van der Waals surface area contributed by atoms with Crippen molar-refractivity contribution in [2.75, 3.05) is 13.1 Å². The molecule has 0 aromatic carbocycles. The fourth-order valence-electron chi connectivity index (χ4n) is 2.41. The minimum atomic E-state index is 0.834. The van der Waals surface area contributed by atoms with Crippen molar-refractivity contribution in [1.82, 2.24) is 4.90 Å². The second kappa shape index (κ2) is 6.44. The number of unbranched alkanes of at least 4 members (excludes halogenated alkanes) is 4. The van der Waals surface area contributed by atoms with Gasteiger partial charge in [0.15, 0.2) is 0 Å². The molecule has 1 heterocycles. The molecule has 0 bridgehead atoms. The smallest absolute Gasteiger partial charge is 0.00930 e. The summed E-state index contributed by atoms with van der Waals surface area (Å²) in [6.45, 7) is 9.75. The van der Waals surface area contributed by atoms with Crippen molar-refractivity contribution in [3.8, 4) is 0 Å². The van der Waals surface area contributed by atoms with Crippen LogP contribution >= 0.6 is 0 Å². The van der Waals surface area contributed by atoms with Crippen LogP contribution in [0.4, 0.5) is 0 Å². The molecule has 84 valence electrons. The summed E-state index contributed by atoms with van der Waals surface area (Å²) in [5.41, 5.74) is 0. The van der Waals surface area contributed by atoms with Crippen LogP contribution in [0.15, 0.2) is 0 Å². The maximum atomic E-state index is 2.68. The van der Waals surface area contributed by atoms with Gasteiger partial charge < -0.3 is 4.90 Å². The molecule has 2 unspecified atom stereocenters. The van der Waals surface area contributed by atoms with Gasteiger partial charge in [-0.15, -0.1) is 0 Å². The molecule has 0 aromatic heterocycles. The van der Waals surface area contributed by atoms with Crippen molar-refractivity contribution in [3.63, 3.8) is 0 Å². The zero-order valence-corrected chi connectivity index (χ0v) is 10.3. The molecule has 1 fully saturated rings. The van der Waals surface area contributed by atoms with Crippen LogP contribution in [-0.2, 0) is 0 Å². The van der Waals surface area contributed by atoms with Crippen LogP contribution in [0, 0.1) is 5.92 Å². The van der Waals surface area contributed by atoms with Gasteiger partial charge >= 0.3 is 0 Å². The highest BCUT2D eigenvalue weighted by Gasteiger charge is 2.26. The van der Waals surface area contributed by atoms with E-state index >= 15 is 0 Å². The van der Waals surface area contributed by atoms with Crippen LogP contribution in [-0.4, -0.2) is 24.0 Å². The van der Waals surface area contributed by atoms with Gasteiger partial charge in [0.1, 0.15) is 0 Å². The fourth-order valence-corrected chi connectivity index (χ4v) is 2.41. The van der Waals surface area contributed by atoms with Crippen molar-refractivity contribution in [3.05, 3.63) is 0 Å². The first-order valence-corrected chi connectivity index (χ1v) is 6.49. The lowest BCUT2D eigenvalue weighted by Gasteiger charge is -2.22. The standard InChI is InChI=1S/C13H27N/c1-4-5-6-7-8-10-14-11-9-12(2)13(14)3/h12-13H,4-11H2,1-3H3. The number of rotatable bonds is 6. The first-order chi connectivity index (χ1) is 6.75. The van der Waals surface area contributed by atoms with Gasteiger partial charge in [-0.05, 0) is 38.8 Å². The quantitative estimate of drug-likeness (QED) is 0.587. The summed E-state index contributed by atoms with van der Waals surface area (Å²) in [6.07, 6.45) is 8.48. The lowest BCUT2D eigenvalue weighted by atomic mass is 10.1. The van der Waals surface area contributed by atoms with Crippen molar-refractivity contribution in [2.24, 2.45) is 5.92 Å². The largest absolute Gasteiger partial charge is 0.300 e. The maximum Gasteiger partial charge on any atom is 0.00930 e. The Morgan fingerprint density at radius 1 is 1.07 bits per heavy atom. The van der Waals surface area contributed by atoms with Crippen LogP contribution in [0.5, 0.6) is 0 Å². The van der Waals surface area contributed by atoms with Crippen LogP contribution < -0.4 is 0 Å². The Balaban J connectivity index is 2.01. The predicted octanol–water partition coefficient (Wildman–Crippen LogP) is 3.69. The molecule has 1 aliphatic rings. The van der Waals surface area contributed by atoms with Crippen LogP contribution in [0.1, 0.15) is 59.3 Å². The van der Waals surface area contributed by atoms with Gasteiger partial charge in [-0.3, -0.25) is 0 Å². The highest BCUT2D eigenvalue weighted by atomic mass is 15.2. The van der Waals surface area contributed by atoms with Gasteiger partial charge in [-0.25, -0.2) is 0 Å². The number of nitrogens with zero attached hydrogens (tertiary/aromatic N) is 1. The summed E-state index contributed by atoms with van der Waals surface area (Å²) >= 11 is 0. The third-order valence-electron chi connectivity index (χ3n) is 3.82. The second-order valence-electron chi connectivity index (χ2n) is 4.96. The topological polar surface area (TPSA) is 3.24 Å². The van der Waals surface area contributed by atoms with E-state index < -0.39 is 0 Å². The van der Waals surface area contributed by atoms with Crippen LogP contribution in [0.2, 0.25) is 0 Å². The van der Waals surface area contributed by atoms with E-state index in [4.69, 9.17) is 0 Å². The highest BCUT2D eigenvalue weighted by Crippen LogP contribution is 2.23. The Labute approximate surface area is 89.9 Å². The van der Waals surface area contributed by atoms with Gasteiger partial charge in [-0.1, -0.05) is 39.5 Å². The Bertz CT molecular complexity index is 144. The molecule has 1 rings (SSSR count). The Morgan fingerprint density at radius 3 is 2.36 bits per heavy atom. The van der Waals surface area contributed by atoms with Crippen LogP contribution in [0.3, 0.4) is 0 Å². The molecular formula is C13H27N. The van der Waals surface area contributed by atoms with Gasteiger partial charge in [0.2, 0.25) is 0 Å². The van der Waals surface area contributed by atoms with E-state index in [-0.39, 0.29) is 0 Å². The third-order valence-corrected chi connectivity index (χ3v) is 3.82. The Morgan fingerprint density at radius 2 is 1.79 bits per heavy atom. The van der Waals surface area contributed by atoms with E-state index in [1.165, 1.54) is 51.6 Å². The van der Waals surface area contributed by atoms with E-state index in [9.17, 15) is 0 Å².